The fourth-order valence-corrected chi connectivity index (χ4v) is 1.93. The van der Waals surface area contributed by atoms with Crippen LogP contribution in [0.3, 0.4) is 0 Å². The van der Waals surface area contributed by atoms with Crippen molar-refractivity contribution in [3.8, 4) is 0 Å². The topological polar surface area (TPSA) is 78.9 Å². The number of nitrogens with zero attached hydrogens (tertiary/aromatic N) is 1. The lowest BCUT2D eigenvalue weighted by Crippen LogP contribution is -2.44. The smallest absolute Gasteiger partial charge is 0.326 e. The predicted molar refractivity (Wildman–Crippen MR) is 61.7 cm³/mol. The van der Waals surface area contributed by atoms with E-state index in [1.54, 1.807) is 0 Å². The van der Waals surface area contributed by atoms with Crippen LogP contribution >= 0.6 is 0 Å². The fourth-order valence-electron chi connectivity index (χ4n) is 1.93. The van der Waals surface area contributed by atoms with Gasteiger partial charge in [0, 0.05) is 26.7 Å². The lowest BCUT2D eigenvalue weighted by atomic mass is 10.1. The number of hydrogen-bond donors (Lipinski definition) is 2. The van der Waals surface area contributed by atoms with Crippen molar-refractivity contribution in [1.29, 1.82) is 0 Å². The molecule has 2 unspecified atom stereocenters. The molecular weight excluding hydrogens is 224 g/mol. The fraction of sp³-hybridized carbons (Fsp3) is 0.818. The number of hydrogen-bond acceptors (Lipinski definition) is 4. The number of aliphatic carboxylic acids is 1. The minimum absolute atomic E-state index is 0.0932. The molecule has 0 aromatic rings. The van der Waals surface area contributed by atoms with Crippen LogP contribution in [0.15, 0.2) is 0 Å². The van der Waals surface area contributed by atoms with Crippen LogP contribution < -0.4 is 5.32 Å². The molecule has 98 valence electrons. The number of amides is 1. The maximum Gasteiger partial charge on any atom is 0.326 e. The normalized spacial score (nSPS) is 22.4. The number of methoxy groups -OCH3 is 1. The van der Waals surface area contributed by atoms with Crippen molar-refractivity contribution in [1.82, 2.24) is 10.2 Å². The summed E-state index contributed by atoms with van der Waals surface area (Å²) in [5.74, 6) is -1.27. The largest absolute Gasteiger partial charge is 0.480 e. The van der Waals surface area contributed by atoms with Crippen molar-refractivity contribution in [3.63, 3.8) is 0 Å². The van der Waals surface area contributed by atoms with Crippen LogP contribution in [0.4, 0.5) is 0 Å². The Balaban J connectivity index is 2.43. The third-order valence-corrected chi connectivity index (χ3v) is 2.99. The summed E-state index contributed by atoms with van der Waals surface area (Å²) in [7, 11) is 3.46. The SMILES string of the molecule is COCCC(NC(=O)C1CCN(C)C1)C(=O)O. The Labute approximate surface area is 101 Å². The number of likely N-dealkylation sites (tertiary alicyclic amines) is 1. The maximum atomic E-state index is 11.8. The Bertz CT molecular complexity index is 283. The lowest BCUT2D eigenvalue weighted by molar-refractivity contribution is -0.142. The van der Waals surface area contributed by atoms with E-state index >= 15 is 0 Å². The highest BCUT2D eigenvalue weighted by atomic mass is 16.5. The number of carbonyl (C=O) groups is 2. The van der Waals surface area contributed by atoms with Gasteiger partial charge in [0.15, 0.2) is 0 Å². The summed E-state index contributed by atoms with van der Waals surface area (Å²) in [4.78, 5) is 24.8. The van der Waals surface area contributed by atoms with Crippen LogP contribution in [0.25, 0.3) is 0 Å². The van der Waals surface area contributed by atoms with Gasteiger partial charge in [-0.15, -0.1) is 0 Å². The van der Waals surface area contributed by atoms with Gasteiger partial charge in [0.1, 0.15) is 6.04 Å². The van der Waals surface area contributed by atoms with Gasteiger partial charge in [0.25, 0.3) is 0 Å². The first-order valence-electron chi connectivity index (χ1n) is 5.75. The van der Waals surface area contributed by atoms with Crippen molar-refractivity contribution in [2.45, 2.75) is 18.9 Å². The summed E-state index contributed by atoms with van der Waals surface area (Å²) in [5, 5.41) is 11.5. The summed E-state index contributed by atoms with van der Waals surface area (Å²) >= 11 is 0. The highest BCUT2D eigenvalue weighted by molar-refractivity contribution is 5.85. The van der Waals surface area contributed by atoms with E-state index < -0.39 is 12.0 Å². The maximum absolute atomic E-state index is 11.8. The van der Waals surface area contributed by atoms with Crippen molar-refractivity contribution >= 4 is 11.9 Å². The first-order chi connectivity index (χ1) is 8.04. The van der Waals surface area contributed by atoms with Crippen LogP contribution in [0.2, 0.25) is 0 Å². The van der Waals surface area contributed by atoms with Gasteiger partial charge in [0.2, 0.25) is 5.91 Å². The average Bonchev–Trinajstić information content (AvgIpc) is 2.70. The molecule has 0 aromatic heterocycles. The molecule has 0 radical (unpaired) electrons. The number of ether oxygens (including phenoxy) is 1. The molecule has 6 heteroatoms. The average molecular weight is 244 g/mol. The van der Waals surface area contributed by atoms with Gasteiger partial charge in [-0.2, -0.15) is 0 Å². The molecule has 1 heterocycles. The standard InChI is InChI=1S/C11H20N2O4/c1-13-5-3-8(7-13)10(14)12-9(11(15)16)4-6-17-2/h8-9H,3-7H2,1-2H3,(H,12,14)(H,15,16). The van der Waals surface area contributed by atoms with E-state index in [0.717, 1.165) is 13.0 Å². The van der Waals surface area contributed by atoms with Crippen molar-refractivity contribution in [3.05, 3.63) is 0 Å². The van der Waals surface area contributed by atoms with Gasteiger partial charge in [-0.05, 0) is 20.0 Å². The van der Waals surface area contributed by atoms with Gasteiger partial charge in [-0.25, -0.2) is 4.79 Å². The minimum atomic E-state index is -1.01. The molecule has 1 fully saturated rings. The summed E-state index contributed by atoms with van der Waals surface area (Å²) in [6.45, 7) is 1.90. The number of rotatable bonds is 6. The second-order valence-electron chi connectivity index (χ2n) is 4.43. The highest BCUT2D eigenvalue weighted by Crippen LogP contribution is 2.14. The van der Waals surface area contributed by atoms with Crippen LogP contribution in [-0.4, -0.2) is 61.8 Å². The minimum Gasteiger partial charge on any atom is -0.480 e. The van der Waals surface area contributed by atoms with Gasteiger partial charge in [0.05, 0.1) is 5.92 Å². The molecule has 2 atom stereocenters. The number of carboxylic acids is 1. The van der Waals surface area contributed by atoms with Gasteiger partial charge in [-0.1, -0.05) is 0 Å². The predicted octanol–water partition coefficient (Wildman–Crippen LogP) is -0.456. The highest BCUT2D eigenvalue weighted by Gasteiger charge is 2.29. The van der Waals surface area contributed by atoms with Crippen LogP contribution in [0, 0.1) is 5.92 Å². The molecule has 2 N–H and O–H groups in total. The van der Waals surface area contributed by atoms with E-state index in [4.69, 9.17) is 9.84 Å². The van der Waals surface area contributed by atoms with E-state index in [1.807, 2.05) is 7.05 Å². The Morgan fingerprint density at radius 2 is 2.29 bits per heavy atom. The van der Waals surface area contributed by atoms with E-state index in [0.29, 0.717) is 19.6 Å². The molecule has 17 heavy (non-hydrogen) atoms. The third-order valence-electron chi connectivity index (χ3n) is 2.99. The summed E-state index contributed by atoms with van der Waals surface area (Å²) < 4.78 is 4.82. The van der Waals surface area contributed by atoms with E-state index in [1.165, 1.54) is 7.11 Å². The molecule has 6 nitrogen and oxygen atoms in total. The second-order valence-corrected chi connectivity index (χ2v) is 4.43. The van der Waals surface area contributed by atoms with Crippen molar-refractivity contribution in [2.24, 2.45) is 5.92 Å². The van der Waals surface area contributed by atoms with Crippen molar-refractivity contribution in [2.75, 3.05) is 33.9 Å². The number of carboxylic acid groups (broad SMARTS) is 1. The Hall–Kier alpha value is -1.14. The molecule has 0 aliphatic carbocycles. The van der Waals surface area contributed by atoms with Gasteiger partial charge < -0.3 is 20.1 Å². The van der Waals surface area contributed by atoms with Crippen LogP contribution in [0.1, 0.15) is 12.8 Å². The lowest BCUT2D eigenvalue weighted by Gasteiger charge is -2.17. The first-order valence-corrected chi connectivity index (χ1v) is 5.75. The molecule has 1 rings (SSSR count). The number of nitrogens with one attached hydrogen (secondary N) is 1. The Morgan fingerprint density at radius 3 is 2.76 bits per heavy atom. The Kier molecular flexibility index (Phi) is 5.37. The molecule has 0 aromatic carbocycles. The Morgan fingerprint density at radius 1 is 1.59 bits per heavy atom. The van der Waals surface area contributed by atoms with Crippen LogP contribution in [0.5, 0.6) is 0 Å². The quantitative estimate of drug-likeness (QED) is 0.661. The molecule has 1 aliphatic rings. The molecule has 0 saturated carbocycles. The molecule has 0 spiro atoms. The van der Waals surface area contributed by atoms with Gasteiger partial charge >= 0.3 is 5.97 Å². The van der Waals surface area contributed by atoms with Crippen molar-refractivity contribution < 1.29 is 19.4 Å². The molecule has 0 bridgehead atoms. The zero-order chi connectivity index (χ0) is 12.8. The zero-order valence-corrected chi connectivity index (χ0v) is 10.3. The monoisotopic (exact) mass is 244 g/mol. The second kappa shape index (κ2) is 6.56. The van der Waals surface area contributed by atoms with E-state index in [9.17, 15) is 9.59 Å². The molecular formula is C11H20N2O4. The van der Waals surface area contributed by atoms with Gasteiger partial charge in [-0.3, -0.25) is 4.79 Å². The van der Waals surface area contributed by atoms with Crippen LogP contribution in [-0.2, 0) is 14.3 Å². The number of carbonyl (C=O) groups excluding carboxylic acids is 1. The van der Waals surface area contributed by atoms with E-state index in [-0.39, 0.29) is 11.8 Å². The third kappa shape index (κ3) is 4.32. The first kappa shape index (κ1) is 13.9. The van der Waals surface area contributed by atoms with E-state index in [2.05, 4.69) is 10.2 Å². The molecule has 1 amide bonds. The molecule has 1 aliphatic heterocycles. The molecule has 1 saturated heterocycles. The summed E-state index contributed by atoms with van der Waals surface area (Å²) in [6.07, 6.45) is 1.08. The zero-order valence-electron chi connectivity index (χ0n) is 10.3. The summed E-state index contributed by atoms with van der Waals surface area (Å²) in [6, 6.07) is -0.853. The summed E-state index contributed by atoms with van der Waals surface area (Å²) in [5.41, 5.74) is 0.